The van der Waals surface area contributed by atoms with Crippen molar-refractivity contribution < 1.29 is 8.78 Å². The second kappa shape index (κ2) is 4.38. The minimum atomic E-state index is -3.01. The molecule has 1 heterocycles. The molecule has 0 spiro atoms. The summed E-state index contributed by atoms with van der Waals surface area (Å²) < 4.78 is 26.6. The van der Waals surface area contributed by atoms with Crippen molar-refractivity contribution in [2.45, 2.75) is 12.3 Å². The topological polar surface area (TPSA) is 38.9 Å². The smallest absolute Gasteiger partial charge is 0.274 e. The fourth-order valence-electron chi connectivity index (χ4n) is 1.00. The van der Waals surface area contributed by atoms with Crippen molar-refractivity contribution in [2.75, 3.05) is 6.54 Å². The van der Waals surface area contributed by atoms with Crippen LogP contribution in [0.3, 0.4) is 0 Å². The van der Waals surface area contributed by atoms with Crippen molar-refractivity contribution in [1.82, 2.24) is 4.98 Å². The molecule has 78 valence electrons. The Morgan fingerprint density at radius 3 is 2.21 bits per heavy atom. The molecule has 2 nitrogen and oxygen atoms in total. The zero-order valence-electron chi connectivity index (χ0n) is 7.11. The van der Waals surface area contributed by atoms with Gasteiger partial charge in [-0.2, -0.15) is 0 Å². The van der Waals surface area contributed by atoms with Gasteiger partial charge in [0.15, 0.2) is 0 Å². The lowest BCUT2D eigenvalue weighted by Gasteiger charge is -2.15. The van der Waals surface area contributed by atoms with Gasteiger partial charge in [-0.05, 0) is 18.7 Å². The first-order valence-electron chi connectivity index (χ1n) is 3.87. The Bertz CT molecular complexity index is 311. The Labute approximate surface area is 90.0 Å². The van der Waals surface area contributed by atoms with Gasteiger partial charge in [0, 0.05) is 12.0 Å². The average Bonchev–Trinajstić information content (AvgIpc) is 2.02. The normalized spacial score (nSPS) is 11.8. The molecule has 0 atom stereocenters. The van der Waals surface area contributed by atoms with Crippen molar-refractivity contribution in [3.05, 3.63) is 28.0 Å². The fourth-order valence-corrected chi connectivity index (χ4v) is 1.46. The van der Waals surface area contributed by atoms with Gasteiger partial charge in [0.2, 0.25) is 0 Å². The maximum Gasteiger partial charge on any atom is 0.274 e. The summed E-state index contributed by atoms with van der Waals surface area (Å²) in [6.07, 6.45) is -0.441. The summed E-state index contributed by atoms with van der Waals surface area (Å²) in [5, 5.41) is -0.103. The van der Waals surface area contributed by atoms with E-state index in [-0.39, 0.29) is 22.4 Å². The number of rotatable bonds is 3. The lowest BCUT2D eigenvalue weighted by Crippen LogP contribution is -2.18. The molecule has 0 aliphatic heterocycles. The summed E-state index contributed by atoms with van der Waals surface area (Å²) in [5.74, 6) is -3.01. The van der Waals surface area contributed by atoms with Gasteiger partial charge < -0.3 is 5.73 Å². The van der Waals surface area contributed by atoms with Gasteiger partial charge in [-0.3, -0.25) is 0 Å². The fraction of sp³-hybridized carbons (Fsp3) is 0.375. The minimum absolute atomic E-state index is 0.0517. The number of nitrogens with zero attached hydrogens (tertiary/aromatic N) is 1. The van der Waals surface area contributed by atoms with E-state index in [1.165, 1.54) is 0 Å². The molecule has 1 rings (SSSR count). The minimum Gasteiger partial charge on any atom is -0.330 e. The maximum absolute atomic E-state index is 13.3. The number of alkyl halides is 2. The van der Waals surface area contributed by atoms with Gasteiger partial charge in [0.05, 0.1) is 0 Å². The summed E-state index contributed by atoms with van der Waals surface area (Å²) in [6.45, 7) is -0.107. The summed E-state index contributed by atoms with van der Waals surface area (Å²) in [6, 6.07) is 2.17. The van der Waals surface area contributed by atoms with Crippen molar-refractivity contribution in [1.29, 1.82) is 0 Å². The molecule has 0 saturated heterocycles. The van der Waals surface area contributed by atoms with Crippen molar-refractivity contribution >= 4 is 23.2 Å². The van der Waals surface area contributed by atoms with Gasteiger partial charge in [-0.1, -0.05) is 23.2 Å². The van der Waals surface area contributed by atoms with E-state index < -0.39 is 12.3 Å². The Morgan fingerprint density at radius 1 is 1.29 bits per heavy atom. The van der Waals surface area contributed by atoms with Gasteiger partial charge in [0.25, 0.3) is 5.92 Å². The first-order valence-corrected chi connectivity index (χ1v) is 4.63. The Balaban J connectivity index is 3.05. The molecule has 0 saturated carbocycles. The number of halogens is 4. The van der Waals surface area contributed by atoms with Crippen LogP contribution >= 0.6 is 23.2 Å². The zero-order chi connectivity index (χ0) is 10.8. The molecule has 14 heavy (non-hydrogen) atoms. The van der Waals surface area contributed by atoms with Crippen LogP contribution in [-0.4, -0.2) is 11.5 Å². The predicted molar refractivity (Wildman–Crippen MR) is 51.8 cm³/mol. The van der Waals surface area contributed by atoms with Crippen LogP contribution in [0.5, 0.6) is 0 Å². The molecular weight excluding hydrogens is 233 g/mol. The Hall–Kier alpha value is -0.450. The zero-order valence-corrected chi connectivity index (χ0v) is 8.62. The monoisotopic (exact) mass is 240 g/mol. The molecule has 0 unspecified atom stereocenters. The number of hydrogen-bond acceptors (Lipinski definition) is 2. The Morgan fingerprint density at radius 2 is 1.79 bits per heavy atom. The summed E-state index contributed by atoms with van der Waals surface area (Å²) in [4.78, 5) is 3.57. The van der Waals surface area contributed by atoms with E-state index in [0.29, 0.717) is 0 Å². The third-order valence-electron chi connectivity index (χ3n) is 1.64. The molecule has 1 aromatic heterocycles. The second-order valence-electron chi connectivity index (χ2n) is 2.74. The molecule has 0 amide bonds. The third kappa shape index (κ3) is 2.77. The van der Waals surface area contributed by atoms with Crippen LogP contribution in [0.2, 0.25) is 10.3 Å². The van der Waals surface area contributed by atoms with Crippen molar-refractivity contribution in [3.8, 4) is 0 Å². The molecule has 1 aromatic rings. The van der Waals surface area contributed by atoms with E-state index >= 15 is 0 Å². The summed E-state index contributed by atoms with van der Waals surface area (Å²) in [5.41, 5.74) is 4.81. The van der Waals surface area contributed by atoms with Crippen LogP contribution in [0.15, 0.2) is 12.1 Å². The lowest BCUT2D eigenvalue weighted by molar-refractivity contribution is -0.0107. The second-order valence-corrected chi connectivity index (χ2v) is 3.52. The van der Waals surface area contributed by atoms with Gasteiger partial charge in [-0.25, -0.2) is 13.8 Å². The summed E-state index contributed by atoms with van der Waals surface area (Å²) in [7, 11) is 0. The molecule has 0 radical (unpaired) electrons. The van der Waals surface area contributed by atoms with E-state index in [1.54, 1.807) is 0 Å². The van der Waals surface area contributed by atoms with Crippen LogP contribution in [-0.2, 0) is 5.92 Å². The molecule has 2 N–H and O–H groups in total. The van der Waals surface area contributed by atoms with E-state index in [0.717, 1.165) is 12.1 Å². The SMILES string of the molecule is NCCC(F)(F)c1cc(Cl)nc(Cl)c1. The maximum atomic E-state index is 13.3. The van der Waals surface area contributed by atoms with E-state index in [9.17, 15) is 8.78 Å². The third-order valence-corrected chi connectivity index (χ3v) is 2.03. The molecular formula is C8H8Cl2F2N2. The standard InChI is InChI=1S/C8H8Cl2F2N2/c9-6-3-5(4-7(10)14-6)8(11,12)1-2-13/h3-4H,1-2,13H2. The molecule has 0 aliphatic rings. The molecule has 0 bridgehead atoms. The van der Waals surface area contributed by atoms with E-state index in [1.807, 2.05) is 0 Å². The van der Waals surface area contributed by atoms with Crippen LogP contribution in [0.1, 0.15) is 12.0 Å². The lowest BCUT2D eigenvalue weighted by atomic mass is 10.1. The first-order chi connectivity index (χ1) is 6.45. The first kappa shape index (κ1) is 11.6. The van der Waals surface area contributed by atoms with Crippen LogP contribution in [0.4, 0.5) is 8.78 Å². The number of pyridine rings is 1. The summed E-state index contributed by atoms with van der Waals surface area (Å²) >= 11 is 11.0. The number of hydrogen-bond donors (Lipinski definition) is 1. The highest BCUT2D eigenvalue weighted by atomic mass is 35.5. The van der Waals surface area contributed by atoms with Gasteiger partial charge in [-0.15, -0.1) is 0 Å². The van der Waals surface area contributed by atoms with E-state index in [2.05, 4.69) is 4.98 Å². The number of aromatic nitrogens is 1. The van der Waals surface area contributed by atoms with Crippen molar-refractivity contribution in [2.24, 2.45) is 5.73 Å². The quantitative estimate of drug-likeness (QED) is 0.826. The van der Waals surface area contributed by atoms with E-state index in [4.69, 9.17) is 28.9 Å². The highest BCUT2D eigenvalue weighted by Crippen LogP contribution is 2.33. The predicted octanol–water partition coefficient (Wildman–Crippen LogP) is 2.83. The number of nitrogens with two attached hydrogens (primary N) is 1. The largest absolute Gasteiger partial charge is 0.330 e. The van der Waals surface area contributed by atoms with Gasteiger partial charge >= 0.3 is 0 Å². The highest BCUT2D eigenvalue weighted by Gasteiger charge is 2.31. The Kier molecular flexibility index (Phi) is 3.64. The molecule has 6 heteroatoms. The van der Waals surface area contributed by atoms with Crippen molar-refractivity contribution in [3.63, 3.8) is 0 Å². The molecule has 0 aliphatic carbocycles. The molecule has 0 aromatic carbocycles. The van der Waals surface area contributed by atoms with Crippen LogP contribution in [0, 0.1) is 0 Å². The van der Waals surface area contributed by atoms with Crippen LogP contribution < -0.4 is 5.73 Å². The van der Waals surface area contributed by atoms with Crippen LogP contribution in [0.25, 0.3) is 0 Å². The highest BCUT2D eigenvalue weighted by molar-refractivity contribution is 6.32. The average molecular weight is 241 g/mol. The molecule has 0 fully saturated rings. The van der Waals surface area contributed by atoms with Gasteiger partial charge in [0.1, 0.15) is 10.3 Å².